The lowest BCUT2D eigenvalue weighted by molar-refractivity contribution is -0.180. The standard InChI is InChI=1S/C19H31N3O3/c1-6-21-7-9-22(10-8-21)16(25)19(4)12-17(2)11-18(3,13-19)15(24)20(5)14(17)23/h6-13H2,1-5H3. The molecule has 1 aliphatic carbocycles. The normalized spacial score (nSPS) is 39.7. The molecule has 2 atom stereocenters. The minimum absolute atomic E-state index is 0.116. The maximum absolute atomic E-state index is 13.4. The second kappa shape index (κ2) is 5.79. The number of hydrogen-bond acceptors (Lipinski definition) is 4. The molecule has 3 aliphatic rings. The maximum Gasteiger partial charge on any atom is 0.234 e. The molecule has 3 rings (SSSR count). The van der Waals surface area contributed by atoms with Crippen LogP contribution in [0, 0.1) is 16.2 Å². The molecule has 0 spiro atoms. The lowest BCUT2D eigenvalue weighted by Crippen LogP contribution is -2.64. The van der Waals surface area contributed by atoms with Gasteiger partial charge in [-0.1, -0.05) is 27.7 Å². The molecule has 0 N–H and O–H groups in total. The molecule has 0 aromatic carbocycles. The van der Waals surface area contributed by atoms with Crippen molar-refractivity contribution in [3.05, 3.63) is 0 Å². The molecule has 3 fully saturated rings. The number of likely N-dealkylation sites (N-methyl/N-ethyl adjacent to an activating group) is 1. The highest BCUT2D eigenvalue weighted by atomic mass is 16.2. The van der Waals surface area contributed by atoms with Crippen LogP contribution in [-0.2, 0) is 14.4 Å². The molecule has 2 bridgehead atoms. The molecule has 2 heterocycles. The van der Waals surface area contributed by atoms with Gasteiger partial charge in [0.1, 0.15) is 0 Å². The van der Waals surface area contributed by atoms with Crippen LogP contribution in [0.25, 0.3) is 0 Å². The number of rotatable bonds is 2. The van der Waals surface area contributed by atoms with Crippen LogP contribution in [0.5, 0.6) is 0 Å². The molecule has 140 valence electrons. The molecule has 3 amide bonds. The molecule has 1 saturated carbocycles. The average molecular weight is 349 g/mol. The van der Waals surface area contributed by atoms with E-state index in [1.165, 1.54) is 4.90 Å². The van der Waals surface area contributed by atoms with E-state index in [0.29, 0.717) is 19.3 Å². The van der Waals surface area contributed by atoms with Crippen LogP contribution in [0.3, 0.4) is 0 Å². The summed E-state index contributed by atoms with van der Waals surface area (Å²) in [6.07, 6.45) is 1.60. The Morgan fingerprint density at radius 1 is 0.920 bits per heavy atom. The van der Waals surface area contributed by atoms with Crippen molar-refractivity contribution < 1.29 is 14.4 Å². The molecule has 2 saturated heterocycles. The van der Waals surface area contributed by atoms with E-state index in [9.17, 15) is 14.4 Å². The van der Waals surface area contributed by atoms with E-state index in [-0.39, 0.29) is 17.7 Å². The highest BCUT2D eigenvalue weighted by molar-refractivity contribution is 6.04. The van der Waals surface area contributed by atoms with Crippen molar-refractivity contribution >= 4 is 17.7 Å². The van der Waals surface area contributed by atoms with Gasteiger partial charge in [0.05, 0.1) is 0 Å². The molecular weight excluding hydrogens is 318 g/mol. The Kier molecular flexibility index (Phi) is 4.26. The maximum atomic E-state index is 13.4. The zero-order valence-electron chi connectivity index (χ0n) is 16.2. The highest BCUT2D eigenvalue weighted by Crippen LogP contribution is 2.58. The van der Waals surface area contributed by atoms with E-state index in [0.717, 1.165) is 32.7 Å². The van der Waals surface area contributed by atoms with Crippen LogP contribution < -0.4 is 0 Å². The fourth-order valence-corrected chi connectivity index (χ4v) is 5.78. The number of nitrogens with zero attached hydrogens (tertiary/aromatic N) is 3. The number of amides is 3. The third-order valence-electron chi connectivity index (χ3n) is 6.61. The first-order chi connectivity index (χ1) is 11.5. The molecular formula is C19H31N3O3. The Hall–Kier alpha value is -1.43. The second-order valence-corrected chi connectivity index (χ2v) is 9.11. The zero-order valence-corrected chi connectivity index (χ0v) is 16.2. The Labute approximate surface area is 150 Å². The van der Waals surface area contributed by atoms with Gasteiger partial charge in [-0.25, -0.2) is 0 Å². The van der Waals surface area contributed by atoms with Gasteiger partial charge in [0.25, 0.3) is 0 Å². The summed E-state index contributed by atoms with van der Waals surface area (Å²) in [7, 11) is 1.58. The molecule has 2 unspecified atom stereocenters. The average Bonchev–Trinajstić information content (AvgIpc) is 2.57. The lowest BCUT2D eigenvalue weighted by atomic mass is 9.51. The van der Waals surface area contributed by atoms with Crippen molar-refractivity contribution in [2.24, 2.45) is 16.2 Å². The van der Waals surface area contributed by atoms with Crippen LogP contribution >= 0.6 is 0 Å². The Balaban J connectivity index is 1.86. The number of piperazine rings is 1. The predicted octanol–water partition coefficient (Wildman–Crippen LogP) is 1.35. The first kappa shape index (κ1) is 18.4. The molecule has 0 aromatic rings. The molecule has 2 aliphatic heterocycles. The van der Waals surface area contributed by atoms with Gasteiger partial charge in [-0.05, 0) is 25.8 Å². The summed E-state index contributed by atoms with van der Waals surface area (Å²) in [6, 6.07) is 0. The minimum atomic E-state index is -0.650. The van der Waals surface area contributed by atoms with Crippen molar-refractivity contribution in [1.82, 2.24) is 14.7 Å². The topological polar surface area (TPSA) is 60.9 Å². The molecule has 25 heavy (non-hydrogen) atoms. The number of imide groups is 1. The summed E-state index contributed by atoms with van der Waals surface area (Å²) in [5.41, 5.74) is -1.92. The van der Waals surface area contributed by atoms with E-state index in [1.807, 2.05) is 25.7 Å². The van der Waals surface area contributed by atoms with Gasteiger partial charge in [-0.3, -0.25) is 19.3 Å². The van der Waals surface area contributed by atoms with Crippen molar-refractivity contribution in [2.45, 2.75) is 47.0 Å². The number of carbonyl (C=O) groups excluding carboxylic acids is 3. The summed E-state index contributed by atoms with van der Waals surface area (Å²) in [5, 5.41) is 0. The van der Waals surface area contributed by atoms with Gasteiger partial charge in [-0.2, -0.15) is 0 Å². The van der Waals surface area contributed by atoms with Crippen molar-refractivity contribution in [3.8, 4) is 0 Å². The number of fused-ring (bicyclic) bond motifs is 2. The van der Waals surface area contributed by atoms with Gasteiger partial charge in [-0.15, -0.1) is 0 Å². The Morgan fingerprint density at radius 2 is 1.40 bits per heavy atom. The first-order valence-electron chi connectivity index (χ1n) is 9.39. The summed E-state index contributed by atoms with van der Waals surface area (Å²) >= 11 is 0. The summed E-state index contributed by atoms with van der Waals surface area (Å²) in [4.78, 5) is 44.4. The number of hydrogen-bond donors (Lipinski definition) is 0. The van der Waals surface area contributed by atoms with Gasteiger partial charge >= 0.3 is 0 Å². The quantitative estimate of drug-likeness (QED) is 0.706. The molecule has 0 radical (unpaired) electrons. The number of carbonyl (C=O) groups is 3. The zero-order chi connectivity index (χ0) is 18.6. The fourth-order valence-electron chi connectivity index (χ4n) is 5.78. The summed E-state index contributed by atoms with van der Waals surface area (Å²) < 4.78 is 0. The first-order valence-corrected chi connectivity index (χ1v) is 9.39. The largest absolute Gasteiger partial charge is 0.340 e. The minimum Gasteiger partial charge on any atom is -0.340 e. The summed E-state index contributed by atoms with van der Waals surface area (Å²) in [6.45, 7) is 12.2. The van der Waals surface area contributed by atoms with Gasteiger partial charge in [0, 0.05) is 49.5 Å². The highest BCUT2D eigenvalue weighted by Gasteiger charge is 2.62. The van der Waals surface area contributed by atoms with E-state index in [1.54, 1.807) is 7.05 Å². The number of piperidine rings is 1. The van der Waals surface area contributed by atoms with Crippen LogP contribution in [0.15, 0.2) is 0 Å². The van der Waals surface area contributed by atoms with E-state index < -0.39 is 16.2 Å². The monoisotopic (exact) mass is 349 g/mol. The fraction of sp³-hybridized carbons (Fsp3) is 0.842. The van der Waals surface area contributed by atoms with E-state index in [4.69, 9.17) is 0 Å². The van der Waals surface area contributed by atoms with Gasteiger partial charge in [0.2, 0.25) is 17.7 Å². The molecule has 0 aromatic heterocycles. The van der Waals surface area contributed by atoms with Gasteiger partial charge < -0.3 is 9.80 Å². The van der Waals surface area contributed by atoms with Crippen LogP contribution in [0.2, 0.25) is 0 Å². The van der Waals surface area contributed by atoms with Crippen molar-refractivity contribution in [3.63, 3.8) is 0 Å². The smallest absolute Gasteiger partial charge is 0.234 e. The molecule has 6 heteroatoms. The van der Waals surface area contributed by atoms with Crippen molar-refractivity contribution in [1.29, 1.82) is 0 Å². The van der Waals surface area contributed by atoms with E-state index in [2.05, 4.69) is 11.8 Å². The summed E-state index contributed by atoms with van der Waals surface area (Å²) in [5.74, 6) is -0.153. The number of likely N-dealkylation sites (tertiary alicyclic amines) is 1. The van der Waals surface area contributed by atoms with E-state index >= 15 is 0 Å². The second-order valence-electron chi connectivity index (χ2n) is 9.11. The third kappa shape index (κ3) is 2.78. The van der Waals surface area contributed by atoms with Crippen molar-refractivity contribution in [2.75, 3.05) is 39.8 Å². The third-order valence-corrected chi connectivity index (χ3v) is 6.61. The lowest BCUT2D eigenvalue weighted by Gasteiger charge is -2.56. The van der Waals surface area contributed by atoms with Gasteiger partial charge in [0.15, 0.2) is 0 Å². The van der Waals surface area contributed by atoms with Crippen LogP contribution in [0.4, 0.5) is 0 Å². The molecule has 6 nitrogen and oxygen atoms in total. The SMILES string of the molecule is CCN1CCN(C(=O)C2(C)CC3(C)CC(C)(C2)C(=O)N(C)C3=O)CC1. The Bertz CT molecular complexity index is 581. The van der Waals surface area contributed by atoms with Crippen LogP contribution in [0.1, 0.15) is 47.0 Å². The Morgan fingerprint density at radius 3 is 1.84 bits per heavy atom. The van der Waals surface area contributed by atoms with Crippen LogP contribution in [-0.4, -0.2) is 72.2 Å². The predicted molar refractivity (Wildman–Crippen MR) is 94.6 cm³/mol.